The van der Waals surface area contributed by atoms with Crippen LogP contribution in [0.15, 0.2) is 24.3 Å². The quantitative estimate of drug-likeness (QED) is 0.510. The molecule has 3 nitrogen and oxygen atoms in total. The van der Waals surface area contributed by atoms with Crippen LogP contribution in [0.5, 0.6) is 0 Å². The lowest BCUT2D eigenvalue weighted by atomic mass is 10.1. The fourth-order valence-corrected chi connectivity index (χ4v) is 0.932. The molecule has 0 spiro atoms. The molecule has 0 fully saturated rings. The fraction of sp³-hybridized carbons (Fsp3) is 0.222. The molecule has 12 heavy (non-hydrogen) atoms. The number of rotatable bonds is 3. The van der Waals surface area contributed by atoms with Crippen molar-refractivity contribution in [1.82, 2.24) is 5.32 Å². The summed E-state index contributed by atoms with van der Waals surface area (Å²) >= 11 is 0. The molecule has 0 atom stereocenters. The second-order valence-electron chi connectivity index (χ2n) is 2.58. The molecule has 1 aromatic rings. The lowest BCUT2D eigenvalue weighted by molar-refractivity contribution is 0.0993. The minimum absolute atomic E-state index is 0.0810. The topological polar surface area (TPSA) is 55.1 Å². The summed E-state index contributed by atoms with van der Waals surface area (Å²) in [5, 5.41) is 2.80. The average Bonchev–Trinajstić information content (AvgIpc) is 2.06. The summed E-state index contributed by atoms with van der Waals surface area (Å²) in [6.07, 6.45) is 0. The van der Waals surface area contributed by atoms with E-state index in [2.05, 4.69) is 5.32 Å². The predicted molar refractivity (Wildman–Crippen MR) is 49.1 cm³/mol. The first-order chi connectivity index (χ1) is 5.74. The Morgan fingerprint density at radius 1 is 1.42 bits per heavy atom. The van der Waals surface area contributed by atoms with E-state index >= 15 is 0 Å². The maximum absolute atomic E-state index is 11.3. The van der Waals surface area contributed by atoms with Gasteiger partial charge in [-0.3, -0.25) is 4.79 Å². The molecule has 0 heterocycles. The summed E-state index contributed by atoms with van der Waals surface area (Å²) in [4.78, 5) is 11.3. The van der Waals surface area contributed by atoms with E-state index in [1.165, 1.54) is 0 Å². The molecule has 0 amide bonds. The van der Waals surface area contributed by atoms with Crippen LogP contribution in [0.4, 0.5) is 5.69 Å². The number of carbonyl (C=O) groups excluding carboxylic acids is 1. The van der Waals surface area contributed by atoms with Gasteiger partial charge in [0.05, 0.1) is 6.54 Å². The van der Waals surface area contributed by atoms with Crippen LogP contribution in [0.25, 0.3) is 0 Å². The molecule has 0 aliphatic carbocycles. The summed E-state index contributed by atoms with van der Waals surface area (Å²) in [6.45, 7) is 0.365. The summed E-state index contributed by atoms with van der Waals surface area (Å²) < 4.78 is 0. The average molecular weight is 164 g/mol. The number of carbonyl (C=O) groups is 1. The van der Waals surface area contributed by atoms with E-state index in [9.17, 15) is 4.79 Å². The van der Waals surface area contributed by atoms with E-state index in [1.807, 2.05) is 0 Å². The van der Waals surface area contributed by atoms with Gasteiger partial charge in [0.2, 0.25) is 0 Å². The minimum Gasteiger partial charge on any atom is -0.399 e. The Kier molecular flexibility index (Phi) is 2.82. The zero-order chi connectivity index (χ0) is 8.97. The first-order valence-electron chi connectivity index (χ1n) is 3.77. The van der Waals surface area contributed by atoms with Gasteiger partial charge in [-0.1, -0.05) is 0 Å². The van der Waals surface area contributed by atoms with Crippen LogP contribution in [0.1, 0.15) is 10.4 Å². The van der Waals surface area contributed by atoms with Crippen LogP contribution in [0.2, 0.25) is 0 Å². The summed E-state index contributed by atoms with van der Waals surface area (Å²) in [6, 6.07) is 6.91. The number of hydrogen-bond donors (Lipinski definition) is 2. The highest BCUT2D eigenvalue weighted by Crippen LogP contribution is 2.05. The van der Waals surface area contributed by atoms with Crippen LogP contribution >= 0.6 is 0 Å². The van der Waals surface area contributed by atoms with Gasteiger partial charge >= 0.3 is 0 Å². The van der Waals surface area contributed by atoms with E-state index in [0.717, 1.165) is 0 Å². The van der Waals surface area contributed by atoms with Crippen molar-refractivity contribution in [3.05, 3.63) is 29.8 Å². The number of nitrogen functional groups attached to an aromatic ring is 1. The summed E-state index contributed by atoms with van der Waals surface area (Å²) in [5.41, 5.74) is 6.84. The van der Waals surface area contributed by atoms with Gasteiger partial charge in [0.15, 0.2) is 5.78 Å². The lowest BCUT2D eigenvalue weighted by Crippen LogP contribution is -2.18. The van der Waals surface area contributed by atoms with Gasteiger partial charge < -0.3 is 11.1 Å². The Hall–Kier alpha value is -1.35. The molecular weight excluding hydrogens is 152 g/mol. The van der Waals surface area contributed by atoms with E-state index < -0.39 is 0 Å². The number of hydrogen-bond acceptors (Lipinski definition) is 3. The van der Waals surface area contributed by atoms with E-state index in [1.54, 1.807) is 31.3 Å². The zero-order valence-electron chi connectivity index (χ0n) is 7.00. The second-order valence-corrected chi connectivity index (χ2v) is 2.58. The molecule has 0 saturated carbocycles. The highest BCUT2D eigenvalue weighted by molar-refractivity contribution is 5.97. The third kappa shape index (κ3) is 2.07. The number of anilines is 1. The van der Waals surface area contributed by atoms with E-state index in [-0.39, 0.29) is 5.78 Å². The van der Waals surface area contributed by atoms with E-state index in [0.29, 0.717) is 17.8 Å². The van der Waals surface area contributed by atoms with Crippen molar-refractivity contribution >= 4 is 11.5 Å². The van der Waals surface area contributed by atoms with Gasteiger partial charge in [-0.15, -0.1) is 0 Å². The Labute approximate surface area is 71.6 Å². The van der Waals surface area contributed by atoms with Crippen molar-refractivity contribution in [2.24, 2.45) is 0 Å². The minimum atomic E-state index is 0.0810. The largest absolute Gasteiger partial charge is 0.399 e. The number of ketones is 1. The van der Waals surface area contributed by atoms with Crippen molar-refractivity contribution in [3.8, 4) is 0 Å². The van der Waals surface area contributed by atoms with Crippen LogP contribution in [-0.2, 0) is 0 Å². The Morgan fingerprint density at radius 2 is 2.00 bits per heavy atom. The molecule has 1 rings (SSSR count). The third-order valence-corrected chi connectivity index (χ3v) is 1.57. The number of likely N-dealkylation sites (N-methyl/N-ethyl adjacent to an activating group) is 1. The van der Waals surface area contributed by atoms with Crippen LogP contribution in [-0.4, -0.2) is 19.4 Å². The molecular formula is C9H12N2O. The zero-order valence-corrected chi connectivity index (χ0v) is 7.00. The molecule has 0 radical (unpaired) electrons. The van der Waals surface area contributed by atoms with Crippen molar-refractivity contribution in [1.29, 1.82) is 0 Å². The van der Waals surface area contributed by atoms with Crippen LogP contribution in [0, 0.1) is 0 Å². The third-order valence-electron chi connectivity index (χ3n) is 1.57. The SMILES string of the molecule is CNCC(=O)c1ccc(N)cc1. The number of nitrogens with one attached hydrogen (secondary N) is 1. The molecule has 3 heteroatoms. The maximum atomic E-state index is 11.3. The number of nitrogens with two attached hydrogens (primary N) is 1. The monoisotopic (exact) mass is 164 g/mol. The van der Waals surface area contributed by atoms with Gasteiger partial charge in [0.1, 0.15) is 0 Å². The van der Waals surface area contributed by atoms with Crippen LogP contribution < -0.4 is 11.1 Å². The smallest absolute Gasteiger partial charge is 0.176 e. The highest BCUT2D eigenvalue weighted by Gasteiger charge is 2.02. The molecule has 3 N–H and O–H groups in total. The van der Waals surface area contributed by atoms with Crippen molar-refractivity contribution in [3.63, 3.8) is 0 Å². The molecule has 0 aromatic heterocycles. The Morgan fingerprint density at radius 3 is 2.50 bits per heavy atom. The fourth-order valence-electron chi connectivity index (χ4n) is 0.932. The Bertz CT molecular complexity index is 266. The predicted octanol–water partition coefficient (Wildman–Crippen LogP) is 0.671. The van der Waals surface area contributed by atoms with Crippen molar-refractivity contribution in [2.45, 2.75) is 0 Å². The molecule has 0 bridgehead atoms. The van der Waals surface area contributed by atoms with Gasteiger partial charge in [0, 0.05) is 11.3 Å². The normalized spacial score (nSPS) is 9.75. The van der Waals surface area contributed by atoms with Gasteiger partial charge in [0.25, 0.3) is 0 Å². The standard InChI is InChI=1S/C9H12N2O/c1-11-6-9(12)7-2-4-8(10)5-3-7/h2-5,11H,6,10H2,1H3. The molecule has 0 saturated heterocycles. The Balaban J connectivity index is 2.75. The van der Waals surface area contributed by atoms with Crippen molar-refractivity contribution < 1.29 is 4.79 Å². The molecule has 0 unspecified atom stereocenters. The molecule has 0 aliphatic rings. The number of Topliss-reactive ketones (excluding diaryl/α,β-unsaturated/α-hetero) is 1. The first-order valence-corrected chi connectivity index (χ1v) is 3.77. The first kappa shape index (κ1) is 8.74. The van der Waals surface area contributed by atoms with E-state index in [4.69, 9.17) is 5.73 Å². The lowest BCUT2D eigenvalue weighted by Gasteiger charge is -1.99. The van der Waals surface area contributed by atoms with Gasteiger partial charge in [-0.25, -0.2) is 0 Å². The second kappa shape index (κ2) is 3.88. The molecule has 1 aromatic carbocycles. The summed E-state index contributed by atoms with van der Waals surface area (Å²) in [7, 11) is 1.75. The highest BCUT2D eigenvalue weighted by atomic mass is 16.1. The van der Waals surface area contributed by atoms with Crippen LogP contribution in [0.3, 0.4) is 0 Å². The molecule has 64 valence electrons. The number of benzene rings is 1. The molecule has 0 aliphatic heterocycles. The van der Waals surface area contributed by atoms with Crippen molar-refractivity contribution in [2.75, 3.05) is 19.3 Å². The summed E-state index contributed by atoms with van der Waals surface area (Å²) in [5.74, 6) is 0.0810. The van der Waals surface area contributed by atoms with Gasteiger partial charge in [-0.2, -0.15) is 0 Å². The maximum Gasteiger partial charge on any atom is 0.176 e. The van der Waals surface area contributed by atoms with Gasteiger partial charge in [-0.05, 0) is 31.3 Å².